The van der Waals surface area contributed by atoms with E-state index in [-0.39, 0.29) is 5.97 Å². The average molecular weight is 464 g/mol. The van der Waals surface area contributed by atoms with E-state index in [2.05, 4.69) is 15.3 Å². The topological polar surface area (TPSA) is 107 Å². The molecule has 1 aromatic carbocycles. The van der Waals surface area contributed by atoms with Gasteiger partial charge in [0.1, 0.15) is 11.7 Å². The van der Waals surface area contributed by atoms with Gasteiger partial charge in [-0.05, 0) is 55.0 Å². The van der Waals surface area contributed by atoms with E-state index in [9.17, 15) is 14.4 Å². The number of carbonyl (C=O) groups is 3. The minimum atomic E-state index is -0.699. The standard InChI is InChI=1S/C26H29N3O5/c1-2-21-22(25(31)33-16-17-7-4-3-5-8-17)23(29-26(32)28-21)18-10-12-20(13-11-18)34-24(30)19-9-6-14-27-15-19/h6,9-15,17,22-23H,2-5,7-8,16H2,1H3,(H,29,32). The average Bonchev–Trinajstić information content (AvgIpc) is 2.88. The van der Waals surface area contributed by atoms with Gasteiger partial charge in [0.05, 0.1) is 18.2 Å². The lowest BCUT2D eigenvalue weighted by molar-refractivity contribution is -0.148. The second kappa shape index (κ2) is 11.0. The number of benzene rings is 1. The first kappa shape index (κ1) is 23.6. The second-order valence-electron chi connectivity index (χ2n) is 8.70. The number of esters is 2. The summed E-state index contributed by atoms with van der Waals surface area (Å²) in [5.41, 5.74) is 1.56. The highest BCUT2D eigenvalue weighted by molar-refractivity contribution is 6.09. The lowest BCUT2D eigenvalue weighted by Crippen LogP contribution is -2.45. The normalized spacial score (nSPS) is 20.7. The summed E-state index contributed by atoms with van der Waals surface area (Å²) in [4.78, 5) is 45.6. The summed E-state index contributed by atoms with van der Waals surface area (Å²) in [7, 11) is 0. The lowest BCUT2D eigenvalue weighted by Gasteiger charge is -2.31. The highest BCUT2D eigenvalue weighted by Crippen LogP contribution is 2.31. The Morgan fingerprint density at radius 3 is 2.53 bits per heavy atom. The number of hydrogen-bond donors (Lipinski definition) is 1. The van der Waals surface area contributed by atoms with E-state index in [1.54, 1.807) is 42.6 Å². The first-order valence-electron chi connectivity index (χ1n) is 11.8. The Bertz CT molecular complexity index is 1050. The predicted octanol–water partition coefficient (Wildman–Crippen LogP) is 4.66. The molecule has 2 unspecified atom stereocenters. The van der Waals surface area contributed by atoms with Crippen LogP contribution in [-0.4, -0.2) is 35.3 Å². The third-order valence-electron chi connectivity index (χ3n) is 6.37. The zero-order chi connectivity index (χ0) is 23.9. The number of amides is 2. The molecule has 2 atom stereocenters. The predicted molar refractivity (Wildman–Crippen MR) is 126 cm³/mol. The summed E-state index contributed by atoms with van der Waals surface area (Å²) in [5, 5.41) is 2.81. The van der Waals surface area contributed by atoms with Crippen LogP contribution < -0.4 is 10.1 Å². The van der Waals surface area contributed by atoms with Gasteiger partial charge in [0.15, 0.2) is 0 Å². The van der Waals surface area contributed by atoms with E-state index in [1.807, 2.05) is 6.92 Å². The highest BCUT2D eigenvalue weighted by Gasteiger charge is 2.39. The molecule has 1 aliphatic heterocycles. The van der Waals surface area contributed by atoms with Gasteiger partial charge in [0.25, 0.3) is 0 Å². The molecule has 1 fully saturated rings. The lowest BCUT2D eigenvalue weighted by atomic mass is 9.86. The number of hydrogen-bond acceptors (Lipinski definition) is 6. The summed E-state index contributed by atoms with van der Waals surface area (Å²) in [6, 6.07) is 8.93. The van der Waals surface area contributed by atoms with Gasteiger partial charge in [-0.1, -0.05) is 38.3 Å². The van der Waals surface area contributed by atoms with Crippen LogP contribution in [0.2, 0.25) is 0 Å². The molecule has 4 rings (SSSR count). The van der Waals surface area contributed by atoms with Crippen molar-refractivity contribution in [1.29, 1.82) is 0 Å². The zero-order valence-electron chi connectivity index (χ0n) is 19.2. The number of nitrogens with one attached hydrogen (secondary N) is 1. The quantitative estimate of drug-likeness (QED) is 0.473. The fourth-order valence-corrected chi connectivity index (χ4v) is 4.52. The Morgan fingerprint density at radius 2 is 1.85 bits per heavy atom. The van der Waals surface area contributed by atoms with Crippen molar-refractivity contribution in [2.75, 3.05) is 6.61 Å². The van der Waals surface area contributed by atoms with Crippen molar-refractivity contribution in [3.63, 3.8) is 0 Å². The van der Waals surface area contributed by atoms with Crippen LogP contribution in [0.5, 0.6) is 5.75 Å². The monoisotopic (exact) mass is 463 g/mol. The largest absolute Gasteiger partial charge is 0.465 e. The molecule has 0 spiro atoms. The molecule has 1 aliphatic carbocycles. The molecule has 8 nitrogen and oxygen atoms in total. The molecule has 2 amide bonds. The van der Waals surface area contributed by atoms with Crippen LogP contribution in [0.4, 0.5) is 4.79 Å². The van der Waals surface area contributed by atoms with Crippen LogP contribution in [0.15, 0.2) is 53.8 Å². The minimum Gasteiger partial charge on any atom is -0.465 e. The number of carbonyl (C=O) groups excluding carboxylic acids is 3. The van der Waals surface area contributed by atoms with E-state index in [1.165, 1.54) is 25.5 Å². The van der Waals surface area contributed by atoms with Crippen molar-refractivity contribution in [2.45, 2.75) is 51.5 Å². The Morgan fingerprint density at radius 1 is 1.09 bits per heavy atom. The SMILES string of the molecule is CCC1=NC(=O)NC(c2ccc(OC(=O)c3cccnc3)cc2)C1C(=O)OCC1CCCCC1. The van der Waals surface area contributed by atoms with Crippen LogP contribution in [0, 0.1) is 11.8 Å². The van der Waals surface area contributed by atoms with Crippen LogP contribution in [-0.2, 0) is 9.53 Å². The molecule has 2 heterocycles. The molecule has 2 aliphatic rings. The van der Waals surface area contributed by atoms with Gasteiger partial charge in [0.2, 0.25) is 0 Å². The van der Waals surface area contributed by atoms with Crippen LogP contribution in [0.1, 0.15) is 67.4 Å². The molecule has 0 bridgehead atoms. The molecular weight excluding hydrogens is 434 g/mol. The number of urea groups is 1. The van der Waals surface area contributed by atoms with Gasteiger partial charge < -0.3 is 14.8 Å². The number of aliphatic imine (C=N–C) groups is 1. The number of aromatic nitrogens is 1. The third-order valence-corrected chi connectivity index (χ3v) is 6.37. The maximum absolute atomic E-state index is 13.1. The number of ether oxygens (including phenoxy) is 2. The summed E-state index contributed by atoms with van der Waals surface area (Å²) in [5.74, 6) is -0.847. The fraction of sp³-hybridized carbons (Fsp3) is 0.423. The van der Waals surface area contributed by atoms with E-state index in [4.69, 9.17) is 9.47 Å². The molecule has 0 radical (unpaired) electrons. The molecule has 178 valence electrons. The fourth-order valence-electron chi connectivity index (χ4n) is 4.52. The highest BCUT2D eigenvalue weighted by atomic mass is 16.5. The third kappa shape index (κ3) is 5.68. The summed E-state index contributed by atoms with van der Waals surface area (Å²) in [6.45, 7) is 2.27. The van der Waals surface area contributed by atoms with Crippen LogP contribution >= 0.6 is 0 Å². The number of nitrogens with zero attached hydrogens (tertiary/aromatic N) is 2. The molecule has 8 heteroatoms. The Kier molecular flexibility index (Phi) is 7.67. The Balaban J connectivity index is 1.48. The van der Waals surface area contributed by atoms with E-state index < -0.39 is 24.0 Å². The van der Waals surface area contributed by atoms with Gasteiger partial charge in [-0.15, -0.1) is 0 Å². The first-order valence-corrected chi connectivity index (χ1v) is 11.8. The number of pyridine rings is 1. The van der Waals surface area contributed by atoms with Crippen molar-refractivity contribution in [3.8, 4) is 5.75 Å². The summed E-state index contributed by atoms with van der Waals surface area (Å²) >= 11 is 0. The second-order valence-corrected chi connectivity index (χ2v) is 8.70. The molecule has 1 saturated carbocycles. The Labute approximate surface area is 198 Å². The van der Waals surface area contributed by atoms with Gasteiger partial charge in [0, 0.05) is 18.1 Å². The van der Waals surface area contributed by atoms with E-state index in [0.717, 1.165) is 12.8 Å². The van der Waals surface area contributed by atoms with Crippen molar-refractivity contribution in [2.24, 2.45) is 16.8 Å². The minimum absolute atomic E-state index is 0.343. The van der Waals surface area contributed by atoms with Gasteiger partial charge in [-0.25, -0.2) is 14.6 Å². The van der Waals surface area contributed by atoms with E-state index in [0.29, 0.717) is 41.5 Å². The first-order chi connectivity index (χ1) is 16.5. The maximum Gasteiger partial charge on any atom is 0.345 e. The van der Waals surface area contributed by atoms with Gasteiger partial charge in [-0.2, -0.15) is 0 Å². The molecule has 1 aromatic heterocycles. The van der Waals surface area contributed by atoms with Crippen molar-refractivity contribution in [1.82, 2.24) is 10.3 Å². The molecule has 0 saturated heterocycles. The van der Waals surface area contributed by atoms with Crippen molar-refractivity contribution in [3.05, 3.63) is 59.9 Å². The van der Waals surface area contributed by atoms with Crippen LogP contribution in [0.3, 0.4) is 0 Å². The Hall–Kier alpha value is -3.55. The molecular formula is C26H29N3O5. The van der Waals surface area contributed by atoms with Crippen molar-refractivity contribution >= 4 is 23.7 Å². The summed E-state index contributed by atoms with van der Waals surface area (Å²) in [6.07, 6.45) is 9.21. The van der Waals surface area contributed by atoms with E-state index >= 15 is 0 Å². The van der Waals surface area contributed by atoms with Gasteiger partial charge in [-0.3, -0.25) is 9.78 Å². The summed E-state index contributed by atoms with van der Waals surface area (Å²) < 4.78 is 11.1. The zero-order valence-corrected chi connectivity index (χ0v) is 19.2. The van der Waals surface area contributed by atoms with Crippen molar-refractivity contribution < 1.29 is 23.9 Å². The molecule has 34 heavy (non-hydrogen) atoms. The number of rotatable bonds is 7. The molecule has 1 N–H and O–H groups in total. The van der Waals surface area contributed by atoms with Gasteiger partial charge >= 0.3 is 18.0 Å². The van der Waals surface area contributed by atoms with Crippen LogP contribution in [0.25, 0.3) is 0 Å². The maximum atomic E-state index is 13.1. The smallest absolute Gasteiger partial charge is 0.345 e. The molecule has 2 aromatic rings.